The summed E-state index contributed by atoms with van der Waals surface area (Å²) in [6.45, 7) is 0. The Morgan fingerprint density at radius 2 is 1.39 bits per heavy atom. The van der Waals surface area contributed by atoms with Crippen LogP contribution in [0.1, 0.15) is 21.5 Å². The Labute approximate surface area is 170 Å². The highest BCUT2D eigenvalue weighted by atomic mass is 19.4. The molecule has 4 N–H and O–H groups in total. The van der Waals surface area contributed by atoms with Gasteiger partial charge in [0.1, 0.15) is 0 Å². The van der Waals surface area contributed by atoms with Crippen molar-refractivity contribution in [1.29, 1.82) is 0 Å². The highest BCUT2D eigenvalue weighted by Gasteiger charge is 2.42. The van der Waals surface area contributed by atoms with Gasteiger partial charge in [0.2, 0.25) is 0 Å². The molecule has 1 aromatic rings. The topological polar surface area (TPSA) is 191 Å². The predicted octanol–water partition coefficient (Wildman–Crippen LogP) is 0.739. The van der Waals surface area contributed by atoms with Crippen LogP contribution in [0.5, 0.6) is 0 Å². The Bertz CT molecular complexity index is 944. The maximum Gasteiger partial charge on any atom is 0.534 e. The number of hydrogen-bond donors (Lipinski definition) is 2. The molecule has 0 aliphatic heterocycles. The van der Waals surface area contributed by atoms with Gasteiger partial charge in [-0.2, -0.15) is 13.2 Å². The van der Waals surface area contributed by atoms with Crippen LogP contribution in [0.3, 0.4) is 0 Å². The van der Waals surface area contributed by atoms with Gasteiger partial charge in [-0.25, -0.2) is 19.2 Å². The van der Waals surface area contributed by atoms with Crippen molar-refractivity contribution >= 4 is 35.9 Å². The monoisotopic (exact) mass is 450 g/mol. The normalized spacial score (nSPS) is 11.9. The molecule has 0 unspecified atom stereocenters. The quantitative estimate of drug-likeness (QED) is 0.122. The highest BCUT2D eigenvalue weighted by molar-refractivity contribution is 6.11. The molecule has 0 amide bonds. The average Bonchev–Trinajstić information content (AvgIpc) is 2.73. The van der Waals surface area contributed by atoms with Crippen LogP contribution >= 0.6 is 0 Å². The van der Waals surface area contributed by atoms with E-state index in [1.807, 2.05) is 0 Å². The number of methoxy groups -OCH3 is 2. The summed E-state index contributed by atoms with van der Waals surface area (Å²) in [4.78, 5) is 53.4. The largest absolute Gasteiger partial charge is 0.534 e. The Balaban J connectivity index is 3.39. The van der Waals surface area contributed by atoms with Crippen molar-refractivity contribution in [2.24, 2.45) is 21.8 Å². The molecule has 31 heavy (non-hydrogen) atoms. The number of carbonyl (C=O) groups excluding carboxylic acids is 4. The van der Waals surface area contributed by atoms with Crippen LogP contribution in [0.4, 0.5) is 22.8 Å². The van der Waals surface area contributed by atoms with Crippen LogP contribution in [-0.4, -0.2) is 56.3 Å². The van der Waals surface area contributed by atoms with Crippen LogP contribution in [0.15, 0.2) is 28.5 Å². The molecule has 1 aromatic carbocycles. The molecule has 0 aromatic heterocycles. The van der Waals surface area contributed by atoms with Crippen molar-refractivity contribution in [3.63, 3.8) is 0 Å². The van der Waals surface area contributed by atoms with Gasteiger partial charge in [-0.05, 0) is 12.1 Å². The number of rotatable bonds is 5. The number of nitrogens with zero attached hydrogens (tertiary/aromatic N) is 2. The molecule has 0 spiro atoms. The zero-order valence-corrected chi connectivity index (χ0v) is 15.6. The number of alkyl halides is 3. The van der Waals surface area contributed by atoms with E-state index < -0.39 is 53.2 Å². The second-order valence-electron chi connectivity index (χ2n) is 4.98. The van der Waals surface area contributed by atoms with Gasteiger partial charge in [-0.15, -0.1) is 0 Å². The second-order valence-corrected chi connectivity index (χ2v) is 4.98. The lowest BCUT2D eigenvalue weighted by molar-refractivity contribution is -0.193. The third kappa shape index (κ3) is 7.18. The summed E-state index contributed by atoms with van der Waals surface area (Å²) < 4.78 is 49.1. The molecule has 13 nitrogen and oxygen atoms in total. The van der Waals surface area contributed by atoms with Crippen LogP contribution in [-0.2, 0) is 28.7 Å². The fourth-order valence-corrected chi connectivity index (χ4v) is 1.64. The third-order valence-corrected chi connectivity index (χ3v) is 3.00. The minimum atomic E-state index is -5.45. The molecule has 0 radical (unpaired) electrons. The van der Waals surface area contributed by atoms with Crippen molar-refractivity contribution in [2.45, 2.75) is 6.18 Å². The Morgan fingerprint density at radius 3 is 1.87 bits per heavy atom. The van der Waals surface area contributed by atoms with Gasteiger partial charge in [-0.3, -0.25) is 9.68 Å². The van der Waals surface area contributed by atoms with Crippen molar-refractivity contribution in [1.82, 2.24) is 0 Å². The minimum absolute atomic E-state index is 0.0891. The van der Waals surface area contributed by atoms with Crippen LogP contribution < -0.4 is 11.5 Å². The minimum Gasteiger partial charge on any atom is -0.436 e. The number of oxime groups is 2. The first-order valence-corrected chi connectivity index (χ1v) is 7.55. The molecule has 0 saturated heterocycles. The molecular formula is C15H13F3N4O9. The van der Waals surface area contributed by atoms with Crippen LogP contribution in [0, 0.1) is 0 Å². The SMILES string of the molecule is COC(=O)ON=C(N)c1ccc(C(=O)OC(=O)C(F)(F)F)c(C(N)=NOC(=O)OC)c1. The summed E-state index contributed by atoms with van der Waals surface area (Å²) in [5.74, 6) is -5.76. The van der Waals surface area contributed by atoms with E-state index in [-0.39, 0.29) is 5.56 Å². The molecule has 0 saturated carbocycles. The summed E-state index contributed by atoms with van der Waals surface area (Å²) >= 11 is 0. The standard InChI is InChI=1S/C15H13F3N4O9/c1-27-13(25)30-21-9(19)6-3-4-7(11(23)29-12(24)15(16,17)18)8(5-6)10(20)22-31-14(26)28-2/h3-5H,1-2H3,(H2,19,21)(H2,20,22). The Morgan fingerprint density at radius 1 is 0.871 bits per heavy atom. The molecule has 0 bridgehead atoms. The van der Waals surface area contributed by atoms with Gasteiger partial charge in [-0.1, -0.05) is 16.4 Å². The molecule has 1 rings (SSSR count). The first-order chi connectivity index (χ1) is 14.4. The summed E-state index contributed by atoms with van der Waals surface area (Å²) in [7, 11) is 1.94. The number of benzene rings is 1. The molecule has 168 valence electrons. The van der Waals surface area contributed by atoms with E-state index in [2.05, 4.69) is 34.2 Å². The first-order valence-electron chi connectivity index (χ1n) is 7.55. The van der Waals surface area contributed by atoms with Gasteiger partial charge in [0.25, 0.3) is 0 Å². The van der Waals surface area contributed by atoms with Crippen molar-refractivity contribution < 1.29 is 56.2 Å². The fourth-order valence-electron chi connectivity index (χ4n) is 1.64. The number of amidine groups is 2. The fraction of sp³-hybridized carbons (Fsp3) is 0.200. The van der Waals surface area contributed by atoms with Gasteiger partial charge >= 0.3 is 30.4 Å². The molecular weight excluding hydrogens is 437 g/mol. The highest BCUT2D eigenvalue weighted by Crippen LogP contribution is 2.20. The molecule has 0 fully saturated rings. The summed E-state index contributed by atoms with van der Waals surface area (Å²) in [6, 6.07) is 2.82. The second kappa shape index (κ2) is 10.4. The first kappa shape index (κ1) is 24.7. The lowest BCUT2D eigenvalue weighted by atomic mass is 10.0. The van der Waals surface area contributed by atoms with E-state index in [1.54, 1.807) is 0 Å². The maximum atomic E-state index is 12.4. The van der Waals surface area contributed by atoms with E-state index in [9.17, 15) is 32.3 Å². The van der Waals surface area contributed by atoms with E-state index in [4.69, 9.17) is 11.5 Å². The molecule has 0 atom stereocenters. The van der Waals surface area contributed by atoms with Gasteiger partial charge < -0.3 is 25.7 Å². The number of halogens is 3. The lowest BCUT2D eigenvalue weighted by Gasteiger charge is -2.11. The third-order valence-electron chi connectivity index (χ3n) is 3.00. The van der Waals surface area contributed by atoms with Crippen molar-refractivity contribution in [2.75, 3.05) is 14.2 Å². The number of carbonyl (C=O) groups is 4. The van der Waals surface area contributed by atoms with E-state index in [0.717, 1.165) is 32.4 Å². The Kier molecular flexibility index (Phi) is 8.29. The zero-order chi connectivity index (χ0) is 23.8. The number of esters is 2. The molecule has 0 aliphatic rings. The van der Waals surface area contributed by atoms with E-state index >= 15 is 0 Å². The van der Waals surface area contributed by atoms with Crippen LogP contribution in [0.25, 0.3) is 0 Å². The predicted molar refractivity (Wildman–Crippen MR) is 91.3 cm³/mol. The smallest absolute Gasteiger partial charge is 0.436 e. The Hall–Kier alpha value is -4.37. The van der Waals surface area contributed by atoms with Crippen molar-refractivity contribution in [3.8, 4) is 0 Å². The molecule has 0 heterocycles. The van der Waals surface area contributed by atoms with Gasteiger partial charge in [0, 0.05) is 11.1 Å². The summed E-state index contributed by atoms with van der Waals surface area (Å²) in [6.07, 6.45) is -7.99. The number of ether oxygens (including phenoxy) is 3. The average molecular weight is 450 g/mol. The van der Waals surface area contributed by atoms with Gasteiger partial charge in [0.15, 0.2) is 11.7 Å². The number of nitrogens with two attached hydrogens (primary N) is 2. The van der Waals surface area contributed by atoms with E-state index in [1.165, 1.54) is 0 Å². The van der Waals surface area contributed by atoms with E-state index in [0.29, 0.717) is 0 Å². The molecule has 0 aliphatic carbocycles. The van der Waals surface area contributed by atoms with Crippen LogP contribution in [0.2, 0.25) is 0 Å². The lowest BCUT2D eigenvalue weighted by Crippen LogP contribution is -2.29. The number of hydrogen-bond acceptors (Lipinski definition) is 11. The summed E-state index contributed by atoms with van der Waals surface area (Å²) in [5.41, 5.74) is 9.90. The zero-order valence-electron chi connectivity index (χ0n) is 15.6. The maximum absolute atomic E-state index is 12.4. The summed E-state index contributed by atoms with van der Waals surface area (Å²) in [5, 5.41) is 6.37. The van der Waals surface area contributed by atoms with Crippen molar-refractivity contribution in [3.05, 3.63) is 34.9 Å². The van der Waals surface area contributed by atoms with Gasteiger partial charge in [0.05, 0.1) is 19.8 Å². The molecule has 16 heteroatoms.